The summed E-state index contributed by atoms with van der Waals surface area (Å²) in [5, 5.41) is 3.52. The molecule has 0 aromatic carbocycles. The van der Waals surface area contributed by atoms with Crippen LogP contribution in [0.5, 0.6) is 0 Å². The van der Waals surface area contributed by atoms with Gasteiger partial charge in [0.1, 0.15) is 0 Å². The van der Waals surface area contributed by atoms with Gasteiger partial charge in [-0.2, -0.15) is 0 Å². The van der Waals surface area contributed by atoms with Crippen LogP contribution in [0, 0.1) is 5.92 Å². The Hall–Kier alpha value is -1.16. The van der Waals surface area contributed by atoms with Gasteiger partial charge in [-0.1, -0.05) is 6.92 Å². The van der Waals surface area contributed by atoms with Crippen molar-refractivity contribution in [1.82, 2.24) is 14.9 Å². The molecule has 0 spiro atoms. The van der Waals surface area contributed by atoms with Crippen molar-refractivity contribution in [1.29, 1.82) is 0 Å². The highest BCUT2D eigenvalue weighted by molar-refractivity contribution is 4.89. The fraction of sp³-hybridized carbons (Fsp3) is 0.667. The molecule has 4 nitrogen and oxygen atoms in total. The van der Waals surface area contributed by atoms with E-state index in [1.807, 2.05) is 0 Å². The van der Waals surface area contributed by atoms with Gasteiger partial charge in [-0.15, -0.1) is 0 Å². The summed E-state index contributed by atoms with van der Waals surface area (Å²) < 4.78 is 1.70. The van der Waals surface area contributed by atoms with Crippen molar-refractivity contribution >= 4 is 0 Å². The zero-order valence-corrected chi connectivity index (χ0v) is 9.72. The Labute approximate surface area is 95.7 Å². The summed E-state index contributed by atoms with van der Waals surface area (Å²) in [6.45, 7) is 3.93. The molecule has 0 bridgehead atoms. The van der Waals surface area contributed by atoms with Crippen LogP contribution in [0.3, 0.4) is 0 Å². The highest BCUT2D eigenvalue weighted by Crippen LogP contribution is 2.33. The third-order valence-electron chi connectivity index (χ3n) is 3.03. The fourth-order valence-corrected chi connectivity index (χ4v) is 1.94. The number of hydrogen-bond donors (Lipinski definition) is 1. The van der Waals surface area contributed by atoms with Crippen molar-refractivity contribution in [2.24, 2.45) is 5.92 Å². The molecule has 88 valence electrons. The van der Waals surface area contributed by atoms with Crippen LogP contribution in [0.25, 0.3) is 0 Å². The Bertz CT molecular complexity index is 384. The third-order valence-corrected chi connectivity index (χ3v) is 3.03. The lowest BCUT2D eigenvalue weighted by Gasteiger charge is -2.18. The van der Waals surface area contributed by atoms with Crippen molar-refractivity contribution in [3.63, 3.8) is 0 Å². The number of rotatable bonds is 6. The maximum absolute atomic E-state index is 11.6. The van der Waals surface area contributed by atoms with E-state index in [0.717, 1.165) is 25.4 Å². The van der Waals surface area contributed by atoms with Crippen molar-refractivity contribution < 1.29 is 0 Å². The van der Waals surface area contributed by atoms with E-state index in [4.69, 9.17) is 0 Å². The lowest BCUT2D eigenvalue weighted by atomic mass is 10.2. The van der Waals surface area contributed by atoms with Gasteiger partial charge < -0.3 is 5.32 Å². The van der Waals surface area contributed by atoms with Crippen LogP contribution in [0.4, 0.5) is 0 Å². The quantitative estimate of drug-likeness (QED) is 0.780. The van der Waals surface area contributed by atoms with Crippen LogP contribution in [0.1, 0.15) is 26.2 Å². The van der Waals surface area contributed by atoms with Crippen LogP contribution in [0.15, 0.2) is 23.4 Å². The maximum Gasteiger partial charge on any atom is 0.253 e. The smallest absolute Gasteiger partial charge is 0.253 e. The van der Waals surface area contributed by atoms with Crippen molar-refractivity contribution in [2.45, 2.75) is 38.8 Å². The van der Waals surface area contributed by atoms with Gasteiger partial charge in [-0.05, 0) is 31.7 Å². The number of hydrogen-bond acceptors (Lipinski definition) is 3. The van der Waals surface area contributed by atoms with Crippen molar-refractivity contribution in [3.8, 4) is 0 Å². The van der Waals surface area contributed by atoms with E-state index in [1.165, 1.54) is 18.9 Å². The molecule has 1 aromatic heterocycles. The van der Waals surface area contributed by atoms with Gasteiger partial charge in [0.15, 0.2) is 0 Å². The highest BCUT2D eigenvalue weighted by Gasteiger charge is 2.30. The summed E-state index contributed by atoms with van der Waals surface area (Å²) in [4.78, 5) is 15.6. The second-order valence-corrected chi connectivity index (χ2v) is 4.47. The monoisotopic (exact) mass is 221 g/mol. The van der Waals surface area contributed by atoms with E-state index < -0.39 is 0 Å². The first-order chi connectivity index (χ1) is 7.81. The molecule has 2 rings (SSSR count). The molecule has 0 radical (unpaired) electrons. The predicted molar refractivity (Wildman–Crippen MR) is 63.3 cm³/mol. The maximum atomic E-state index is 11.6. The molecule has 4 heteroatoms. The van der Waals surface area contributed by atoms with Crippen LogP contribution in [-0.4, -0.2) is 22.1 Å². The minimum absolute atomic E-state index is 0.0407. The van der Waals surface area contributed by atoms with Crippen LogP contribution < -0.4 is 10.9 Å². The normalized spacial score (nSPS) is 17.3. The number of nitrogens with one attached hydrogen (secondary N) is 1. The first-order valence-electron chi connectivity index (χ1n) is 6.05. The second kappa shape index (κ2) is 5.25. The summed E-state index contributed by atoms with van der Waals surface area (Å²) in [6.07, 6.45) is 6.88. The molecule has 1 aliphatic carbocycles. The van der Waals surface area contributed by atoms with Gasteiger partial charge in [-0.3, -0.25) is 9.36 Å². The summed E-state index contributed by atoms with van der Waals surface area (Å²) in [6, 6.07) is 1.95. The molecule has 0 aliphatic heterocycles. The summed E-state index contributed by atoms with van der Waals surface area (Å²) in [7, 11) is 0. The fourth-order valence-electron chi connectivity index (χ4n) is 1.94. The van der Waals surface area contributed by atoms with Crippen LogP contribution in [0.2, 0.25) is 0 Å². The van der Waals surface area contributed by atoms with Crippen molar-refractivity contribution in [2.75, 3.05) is 6.54 Å². The number of aromatic nitrogens is 2. The topological polar surface area (TPSA) is 46.9 Å². The van der Waals surface area contributed by atoms with Gasteiger partial charge in [0.2, 0.25) is 0 Å². The molecular formula is C12H19N3O. The predicted octanol–water partition coefficient (Wildman–Crippen LogP) is 1.02. The van der Waals surface area contributed by atoms with E-state index >= 15 is 0 Å². The second-order valence-electron chi connectivity index (χ2n) is 4.47. The number of nitrogens with zero attached hydrogens (tertiary/aromatic N) is 2. The average Bonchev–Trinajstić information content (AvgIpc) is 3.10. The molecule has 1 fully saturated rings. The molecule has 1 aromatic rings. The molecule has 1 atom stereocenters. The van der Waals surface area contributed by atoms with Crippen LogP contribution in [-0.2, 0) is 6.54 Å². The first kappa shape index (κ1) is 11.3. The van der Waals surface area contributed by atoms with Gasteiger partial charge >= 0.3 is 0 Å². The van der Waals surface area contributed by atoms with Gasteiger partial charge in [-0.25, -0.2) is 4.98 Å². The molecular weight excluding hydrogens is 202 g/mol. The minimum Gasteiger partial charge on any atom is -0.312 e. The van der Waals surface area contributed by atoms with Gasteiger partial charge in [0.05, 0.1) is 6.33 Å². The highest BCUT2D eigenvalue weighted by atomic mass is 16.1. The third kappa shape index (κ3) is 2.92. The summed E-state index contributed by atoms with van der Waals surface area (Å²) in [5.74, 6) is 0.749. The molecule has 1 heterocycles. The van der Waals surface area contributed by atoms with E-state index in [1.54, 1.807) is 17.1 Å². The van der Waals surface area contributed by atoms with Crippen molar-refractivity contribution in [3.05, 3.63) is 28.9 Å². The van der Waals surface area contributed by atoms with Crippen LogP contribution >= 0.6 is 0 Å². The Morgan fingerprint density at radius 1 is 1.62 bits per heavy atom. The summed E-state index contributed by atoms with van der Waals surface area (Å²) in [5.41, 5.74) is 0.0407. The SMILES string of the molecule is CCCNC(Cn1cnccc1=O)C1CC1. The Balaban J connectivity index is 1.99. The molecule has 1 unspecified atom stereocenters. The van der Waals surface area contributed by atoms with E-state index in [2.05, 4.69) is 17.2 Å². The van der Waals surface area contributed by atoms with E-state index in [-0.39, 0.29) is 5.56 Å². The minimum atomic E-state index is 0.0407. The molecule has 0 amide bonds. The molecule has 1 N–H and O–H groups in total. The zero-order valence-electron chi connectivity index (χ0n) is 9.72. The Kier molecular flexibility index (Phi) is 3.72. The molecule has 1 saturated carbocycles. The standard InChI is InChI=1S/C12H19N3O/c1-2-6-14-11(10-3-4-10)8-15-9-13-7-5-12(15)16/h5,7,9-11,14H,2-4,6,8H2,1H3. The molecule has 1 aliphatic rings. The van der Waals surface area contributed by atoms with E-state index in [9.17, 15) is 4.79 Å². The molecule has 16 heavy (non-hydrogen) atoms. The zero-order chi connectivity index (χ0) is 11.4. The van der Waals surface area contributed by atoms with E-state index in [0.29, 0.717) is 6.04 Å². The first-order valence-corrected chi connectivity index (χ1v) is 6.05. The lowest BCUT2D eigenvalue weighted by molar-refractivity contribution is 0.400. The largest absolute Gasteiger partial charge is 0.312 e. The Morgan fingerprint density at radius 2 is 2.44 bits per heavy atom. The molecule has 0 saturated heterocycles. The van der Waals surface area contributed by atoms with Gasteiger partial charge in [0, 0.05) is 24.8 Å². The van der Waals surface area contributed by atoms with Gasteiger partial charge in [0.25, 0.3) is 5.56 Å². The Morgan fingerprint density at radius 3 is 3.06 bits per heavy atom. The average molecular weight is 221 g/mol. The lowest BCUT2D eigenvalue weighted by Crippen LogP contribution is -2.38. The summed E-state index contributed by atoms with van der Waals surface area (Å²) >= 11 is 0.